The Kier molecular flexibility index (Phi) is 3.76. The molecule has 1 aliphatic rings. The van der Waals surface area contributed by atoms with Crippen molar-refractivity contribution in [3.8, 4) is 0 Å². The predicted octanol–water partition coefficient (Wildman–Crippen LogP) is 2.39. The van der Waals surface area contributed by atoms with Crippen molar-refractivity contribution in [1.29, 1.82) is 0 Å². The number of rotatable bonds is 4. The summed E-state index contributed by atoms with van der Waals surface area (Å²) in [5.74, 6) is 2.70. The summed E-state index contributed by atoms with van der Waals surface area (Å²) in [6, 6.07) is 7.94. The van der Waals surface area contributed by atoms with Gasteiger partial charge < -0.3 is 10.2 Å². The second kappa shape index (κ2) is 5.86. The summed E-state index contributed by atoms with van der Waals surface area (Å²) in [6.45, 7) is 4.80. The Morgan fingerprint density at radius 3 is 2.80 bits per heavy atom. The number of aromatic nitrogens is 3. The molecule has 0 aromatic carbocycles. The van der Waals surface area contributed by atoms with Crippen molar-refractivity contribution in [2.24, 2.45) is 0 Å². The fraction of sp³-hybridized carbons (Fsp3) is 0.400. The Morgan fingerprint density at radius 2 is 2.05 bits per heavy atom. The summed E-state index contributed by atoms with van der Waals surface area (Å²) < 4.78 is 0. The van der Waals surface area contributed by atoms with Gasteiger partial charge in [-0.25, -0.2) is 9.97 Å². The molecule has 0 saturated carbocycles. The number of pyridine rings is 1. The molecule has 2 aromatic heterocycles. The number of aryl methyl sites for hydroxylation is 1. The van der Waals surface area contributed by atoms with E-state index in [1.165, 1.54) is 12.8 Å². The van der Waals surface area contributed by atoms with Crippen LogP contribution in [0.2, 0.25) is 0 Å². The highest BCUT2D eigenvalue weighted by Crippen LogP contribution is 2.20. The molecule has 5 nitrogen and oxygen atoms in total. The average molecular weight is 269 g/mol. The van der Waals surface area contributed by atoms with Gasteiger partial charge in [-0.1, -0.05) is 6.07 Å². The minimum atomic E-state index is 0.677. The van der Waals surface area contributed by atoms with E-state index in [9.17, 15) is 0 Å². The third kappa shape index (κ3) is 3.04. The molecule has 0 amide bonds. The van der Waals surface area contributed by atoms with Gasteiger partial charge in [-0.15, -0.1) is 0 Å². The van der Waals surface area contributed by atoms with Crippen LogP contribution in [-0.4, -0.2) is 28.0 Å². The molecule has 2 aromatic rings. The molecule has 20 heavy (non-hydrogen) atoms. The van der Waals surface area contributed by atoms with E-state index in [2.05, 4.69) is 25.2 Å². The molecule has 0 atom stereocenters. The van der Waals surface area contributed by atoms with Crippen molar-refractivity contribution in [2.45, 2.75) is 26.3 Å². The second-order valence-corrected chi connectivity index (χ2v) is 5.03. The predicted molar refractivity (Wildman–Crippen MR) is 79.8 cm³/mol. The van der Waals surface area contributed by atoms with Gasteiger partial charge in [0.05, 0.1) is 12.2 Å². The molecule has 5 heteroatoms. The zero-order valence-corrected chi connectivity index (χ0v) is 11.7. The van der Waals surface area contributed by atoms with Gasteiger partial charge in [-0.3, -0.25) is 4.98 Å². The summed E-state index contributed by atoms with van der Waals surface area (Å²) in [5.41, 5.74) is 1.01. The molecule has 1 aliphatic heterocycles. The first-order chi connectivity index (χ1) is 9.81. The van der Waals surface area contributed by atoms with Crippen molar-refractivity contribution in [1.82, 2.24) is 15.0 Å². The maximum atomic E-state index is 4.53. The largest absolute Gasteiger partial charge is 0.364 e. The number of anilines is 2. The molecule has 3 heterocycles. The molecule has 0 spiro atoms. The monoisotopic (exact) mass is 269 g/mol. The van der Waals surface area contributed by atoms with Crippen LogP contribution in [0.4, 0.5) is 11.6 Å². The van der Waals surface area contributed by atoms with Crippen LogP contribution in [0.1, 0.15) is 24.4 Å². The molecule has 1 N–H and O–H groups in total. The van der Waals surface area contributed by atoms with Crippen molar-refractivity contribution < 1.29 is 0 Å². The van der Waals surface area contributed by atoms with Crippen molar-refractivity contribution in [2.75, 3.05) is 23.3 Å². The standard InChI is InChI=1S/C15H19N5/c1-12-18-14(17-11-13-6-2-3-7-16-13)10-15(19-12)20-8-4-5-9-20/h2-3,6-7,10H,4-5,8-9,11H2,1H3,(H,17,18,19). The van der Waals surface area contributed by atoms with E-state index in [0.717, 1.165) is 36.2 Å². The maximum absolute atomic E-state index is 4.53. The van der Waals surface area contributed by atoms with Gasteiger partial charge in [0, 0.05) is 25.4 Å². The van der Waals surface area contributed by atoms with E-state index < -0.39 is 0 Å². The van der Waals surface area contributed by atoms with Crippen LogP contribution in [0.5, 0.6) is 0 Å². The van der Waals surface area contributed by atoms with Crippen molar-refractivity contribution >= 4 is 11.6 Å². The topological polar surface area (TPSA) is 53.9 Å². The fourth-order valence-electron chi connectivity index (χ4n) is 2.43. The normalized spacial score (nSPS) is 14.6. The van der Waals surface area contributed by atoms with E-state index in [1.807, 2.05) is 31.2 Å². The quantitative estimate of drug-likeness (QED) is 0.923. The summed E-state index contributed by atoms with van der Waals surface area (Å²) in [7, 11) is 0. The van der Waals surface area contributed by atoms with Crippen molar-refractivity contribution in [3.05, 3.63) is 42.0 Å². The third-order valence-corrected chi connectivity index (χ3v) is 3.43. The lowest BCUT2D eigenvalue weighted by Crippen LogP contribution is -2.20. The Labute approximate surface area is 119 Å². The van der Waals surface area contributed by atoms with Crippen LogP contribution in [0.15, 0.2) is 30.5 Å². The summed E-state index contributed by atoms with van der Waals surface area (Å²) in [6.07, 6.45) is 4.30. The lowest BCUT2D eigenvalue weighted by Gasteiger charge is -2.17. The first-order valence-electron chi connectivity index (χ1n) is 7.06. The van der Waals surface area contributed by atoms with E-state index in [0.29, 0.717) is 6.54 Å². The Morgan fingerprint density at radius 1 is 1.20 bits per heavy atom. The van der Waals surface area contributed by atoms with Gasteiger partial charge in [0.15, 0.2) is 0 Å². The minimum Gasteiger partial charge on any atom is -0.364 e. The molecule has 1 saturated heterocycles. The molecule has 104 valence electrons. The first-order valence-corrected chi connectivity index (χ1v) is 7.06. The molecule has 1 fully saturated rings. The fourth-order valence-corrected chi connectivity index (χ4v) is 2.43. The zero-order valence-electron chi connectivity index (χ0n) is 11.7. The Hall–Kier alpha value is -2.17. The van der Waals surface area contributed by atoms with Gasteiger partial charge in [-0.05, 0) is 31.9 Å². The second-order valence-electron chi connectivity index (χ2n) is 5.03. The molecule has 0 radical (unpaired) electrons. The van der Waals surface area contributed by atoms with Crippen LogP contribution in [0.3, 0.4) is 0 Å². The highest BCUT2D eigenvalue weighted by molar-refractivity contribution is 5.50. The van der Waals surface area contributed by atoms with E-state index in [-0.39, 0.29) is 0 Å². The van der Waals surface area contributed by atoms with Gasteiger partial charge in [0.2, 0.25) is 0 Å². The van der Waals surface area contributed by atoms with Gasteiger partial charge >= 0.3 is 0 Å². The SMILES string of the molecule is Cc1nc(NCc2ccccn2)cc(N2CCCC2)n1. The molecule has 0 aliphatic carbocycles. The number of nitrogens with zero attached hydrogens (tertiary/aromatic N) is 4. The number of hydrogen-bond acceptors (Lipinski definition) is 5. The van der Waals surface area contributed by atoms with Crippen LogP contribution < -0.4 is 10.2 Å². The maximum Gasteiger partial charge on any atom is 0.134 e. The smallest absolute Gasteiger partial charge is 0.134 e. The van der Waals surface area contributed by atoms with Crippen LogP contribution >= 0.6 is 0 Å². The van der Waals surface area contributed by atoms with Gasteiger partial charge in [0.25, 0.3) is 0 Å². The number of hydrogen-bond donors (Lipinski definition) is 1. The van der Waals surface area contributed by atoms with Gasteiger partial charge in [0.1, 0.15) is 17.5 Å². The molecule has 0 bridgehead atoms. The van der Waals surface area contributed by atoms with E-state index >= 15 is 0 Å². The van der Waals surface area contributed by atoms with Crippen LogP contribution in [0, 0.1) is 6.92 Å². The lowest BCUT2D eigenvalue weighted by atomic mass is 10.3. The van der Waals surface area contributed by atoms with E-state index in [1.54, 1.807) is 6.20 Å². The van der Waals surface area contributed by atoms with Gasteiger partial charge in [-0.2, -0.15) is 0 Å². The highest BCUT2D eigenvalue weighted by atomic mass is 15.2. The molecule has 3 rings (SSSR count). The average Bonchev–Trinajstić information content (AvgIpc) is 3.00. The van der Waals surface area contributed by atoms with Crippen LogP contribution in [0.25, 0.3) is 0 Å². The van der Waals surface area contributed by atoms with Crippen LogP contribution in [-0.2, 0) is 6.54 Å². The third-order valence-electron chi connectivity index (χ3n) is 3.43. The summed E-state index contributed by atoms with van der Waals surface area (Å²) in [5, 5.41) is 3.33. The number of nitrogens with one attached hydrogen (secondary N) is 1. The molecule has 0 unspecified atom stereocenters. The summed E-state index contributed by atoms with van der Waals surface area (Å²) >= 11 is 0. The highest BCUT2D eigenvalue weighted by Gasteiger charge is 2.14. The molecular weight excluding hydrogens is 250 g/mol. The zero-order chi connectivity index (χ0) is 13.8. The Balaban J connectivity index is 1.72. The Bertz CT molecular complexity index is 564. The van der Waals surface area contributed by atoms with E-state index in [4.69, 9.17) is 0 Å². The first kappa shape index (κ1) is 12.8. The molecular formula is C15H19N5. The summed E-state index contributed by atoms with van der Waals surface area (Å²) in [4.78, 5) is 15.6. The minimum absolute atomic E-state index is 0.677. The van der Waals surface area contributed by atoms with Crippen molar-refractivity contribution in [3.63, 3.8) is 0 Å². The lowest BCUT2D eigenvalue weighted by molar-refractivity contribution is 0.906.